The van der Waals surface area contributed by atoms with Gasteiger partial charge in [-0.25, -0.2) is 17.8 Å². The van der Waals surface area contributed by atoms with Gasteiger partial charge in [0, 0.05) is 12.6 Å². The highest BCUT2D eigenvalue weighted by atomic mass is 35.5. The first-order chi connectivity index (χ1) is 13.8. The molecule has 3 aromatic rings. The number of nitrogens with one attached hydrogen (secondary N) is 2. The van der Waals surface area contributed by atoms with E-state index >= 15 is 0 Å². The number of halogens is 2. The van der Waals surface area contributed by atoms with E-state index in [1.165, 1.54) is 19.4 Å². The third-order valence-electron chi connectivity index (χ3n) is 4.10. The maximum atomic E-state index is 14.4. The predicted molar refractivity (Wildman–Crippen MR) is 108 cm³/mol. The number of ether oxygens (including phenoxy) is 1. The van der Waals surface area contributed by atoms with Crippen molar-refractivity contribution in [3.05, 3.63) is 46.4 Å². The fourth-order valence-electron chi connectivity index (χ4n) is 2.82. The van der Waals surface area contributed by atoms with E-state index in [9.17, 15) is 17.6 Å². The van der Waals surface area contributed by atoms with E-state index in [-0.39, 0.29) is 28.4 Å². The van der Waals surface area contributed by atoms with Crippen molar-refractivity contribution in [2.75, 3.05) is 17.6 Å². The summed E-state index contributed by atoms with van der Waals surface area (Å²) < 4.78 is 45.7. The van der Waals surface area contributed by atoms with Crippen LogP contribution in [0.3, 0.4) is 0 Å². The molecule has 11 heteroatoms. The lowest BCUT2D eigenvalue weighted by Crippen LogP contribution is -2.17. The molecule has 0 aliphatic heterocycles. The number of anilines is 1. The fourth-order valence-corrected chi connectivity index (χ4v) is 4.33. The summed E-state index contributed by atoms with van der Waals surface area (Å²) in [5.74, 6) is -1.26. The van der Waals surface area contributed by atoms with Gasteiger partial charge in [0.05, 0.1) is 34.5 Å². The first-order valence-electron chi connectivity index (χ1n) is 8.64. The molecule has 0 saturated heterocycles. The van der Waals surface area contributed by atoms with Crippen molar-refractivity contribution in [3.63, 3.8) is 0 Å². The van der Waals surface area contributed by atoms with Crippen LogP contribution in [0.4, 0.5) is 10.1 Å². The molecule has 29 heavy (non-hydrogen) atoms. The summed E-state index contributed by atoms with van der Waals surface area (Å²) in [6, 6.07) is 3.84. The molecular formula is C18H18ClFN4O4S. The Morgan fingerprint density at radius 1 is 1.38 bits per heavy atom. The smallest absolute Gasteiger partial charge is 0.241 e. The molecule has 0 spiro atoms. The first kappa shape index (κ1) is 21.0. The zero-order valence-corrected chi connectivity index (χ0v) is 17.2. The second-order valence-electron chi connectivity index (χ2n) is 6.28. The SMILES string of the molecule is CCCS(=O)(=O)Nc1ccc(F)c(C(=O)Cc2cnc3[nH]nc(OC)c3c2)c1Cl. The molecule has 2 heterocycles. The second kappa shape index (κ2) is 8.34. The minimum absolute atomic E-state index is 0.0463. The van der Waals surface area contributed by atoms with E-state index in [2.05, 4.69) is 19.9 Å². The van der Waals surface area contributed by atoms with E-state index in [1.54, 1.807) is 13.0 Å². The van der Waals surface area contributed by atoms with E-state index in [0.717, 1.165) is 6.07 Å². The average Bonchev–Trinajstić information content (AvgIpc) is 3.06. The van der Waals surface area contributed by atoms with Gasteiger partial charge in [-0.2, -0.15) is 0 Å². The summed E-state index contributed by atoms with van der Waals surface area (Å²) in [5, 5.41) is 6.92. The summed E-state index contributed by atoms with van der Waals surface area (Å²) in [7, 11) is -2.20. The van der Waals surface area contributed by atoms with Gasteiger partial charge in [0.1, 0.15) is 5.82 Å². The Labute approximate surface area is 171 Å². The average molecular weight is 441 g/mol. The topological polar surface area (TPSA) is 114 Å². The molecule has 0 amide bonds. The molecule has 0 atom stereocenters. The number of fused-ring (bicyclic) bond motifs is 1. The molecule has 3 rings (SSSR count). The van der Waals surface area contributed by atoms with Crippen LogP contribution in [-0.4, -0.2) is 42.2 Å². The summed E-state index contributed by atoms with van der Waals surface area (Å²) in [4.78, 5) is 16.9. The van der Waals surface area contributed by atoms with Crippen molar-refractivity contribution < 1.29 is 22.3 Å². The highest BCUT2D eigenvalue weighted by molar-refractivity contribution is 7.92. The monoisotopic (exact) mass is 440 g/mol. The summed E-state index contributed by atoms with van der Waals surface area (Å²) in [6.45, 7) is 1.71. The number of carbonyl (C=O) groups excluding carboxylic acids is 1. The number of rotatable bonds is 8. The van der Waals surface area contributed by atoms with Gasteiger partial charge < -0.3 is 4.74 Å². The zero-order chi connectivity index (χ0) is 21.2. The number of ketones is 1. The van der Waals surface area contributed by atoms with Crippen LogP contribution in [0.25, 0.3) is 11.0 Å². The number of aromatic nitrogens is 3. The van der Waals surface area contributed by atoms with Crippen LogP contribution in [-0.2, 0) is 16.4 Å². The molecule has 0 radical (unpaired) electrons. The van der Waals surface area contributed by atoms with Gasteiger partial charge in [-0.05, 0) is 30.2 Å². The van der Waals surface area contributed by atoms with Crippen LogP contribution in [0, 0.1) is 5.82 Å². The maximum absolute atomic E-state index is 14.4. The molecular weight excluding hydrogens is 423 g/mol. The lowest BCUT2D eigenvalue weighted by atomic mass is 10.0. The van der Waals surface area contributed by atoms with Gasteiger partial charge in [0.2, 0.25) is 15.9 Å². The normalized spacial score (nSPS) is 11.6. The standard InChI is InChI=1S/C18H18ClFN4O4S/c1-3-6-29(26,27)24-13-5-4-12(20)15(16(13)19)14(25)8-10-7-11-17(21-9-10)22-23-18(11)28-2/h4-5,7,9,24H,3,6,8H2,1-2H3,(H,21,22,23). The van der Waals surface area contributed by atoms with Gasteiger partial charge in [-0.3, -0.25) is 14.6 Å². The van der Waals surface area contributed by atoms with Gasteiger partial charge in [-0.15, -0.1) is 5.10 Å². The van der Waals surface area contributed by atoms with E-state index < -0.39 is 21.6 Å². The number of nitrogens with zero attached hydrogens (tertiary/aromatic N) is 2. The molecule has 0 saturated carbocycles. The lowest BCUT2D eigenvalue weighted by molar-refractivity contribution is 0.0989. The molecule has 0 aliphatic rings. The zero-order valence-electron chi connectivity index (χ0n) is 15.6. The van der Waals surface area contributed by atoms with Crippen molar-refractivity contribution in [2.24, 2.45) is 0 Å². The minimum Gasteiger partial charge on any atom is -0.479 e. The van der Waals surface area contributed by atoms with Crippen molar-refractivity contribution in [3.8, 4) is 5.88 Å². The van der Waals surface area contributed by atoms with Crippen molar-refractivity contribution >= 4 is 44.1 Å². The molecule has 1 aromatic carbocycles. The number of hydrogen-bond donors (Lipinski definition) is 2. The van der Waals surface area contributed by atoms with Gasteiger partial charge in [0.15, 0.2) is 11.4 Å². The molecule has 0 unspecified atom stereocenters. The van der Waals surface area contributed by atoms with Crippen molar-refractivity contribution in [1.29, 1.82) is 0 Å². The molecule has 2 aromatic heterocycles. The van der Waals surface area contributed by atoms with Crippen LogP contribution in [0.1, 0.15) is 29.3 Å². The van der Waals surface area contributed by atoms with Crippen LogP contribution in [0.5, 0.6) is 5.88 Å². The van der Waals surface area contributed by atoms with Crippen LogP contribution in [0.15, 0.2) is 24.4 Å². The number of hydrogen-bond acceptors (Lipinski definition) is 6. The number of aromatic amines is 1. The Morgan fingerprint density at radius 3 is 2.83 bits per heavy atom. The Morgan fingerprint density at radius 2 is 2.14 bits per heavy atom. The Bertz CT molecular complexity index is 1180. The van der Waals surface area contributed by atoms with Crippen LogP contribution < -0.4 is 9.46 Å². The number of benzene rings is 1. The third kappa shape index (κ3) is 4.48. The number of pyridine rings is 1. The first-order valence-corrected chi connectivity index (χ1v) is 10.7. The van der Waals surface area contributed by atoms with E-state index in [1.807, 2.05) is 0 Å². The van der Waals surface area contributed by atoms with Gasteiger partial charge in [-0.1, -0.05) is 18.5 Å². The Kier molecular flexibility index (Phi) is 6.04. The second-order valence-corrected chi connectivity index (χ2v) is 8.50. The Hall–Kier alpha value is -2.72. The number of H-pyrrole nitrogens is 1. The molecule has 8 nitrogen and oxygen atoms in total. The third-order valence-corrected chi connectivity index (χ3v) is 5.97. The quantitative estimate of drug-likeness (QED) is 0.519. The molecule has 154 valence electrons. The summed E-state index contributed by atoms with van der Waals surface area (Å²) >= 11 is 6.17. The summed E-state index contributed by atoms with van der Waals surface area (Å²) in [6.07, 6.45) is 1.66. The lowest BCUT2D eigenvalue weighted by Gasteiger charge is -2.12. The Balaban J connectivity index is 1.92. The molecule has 0 fully saturated rings. The van der Waals surface area contributed by atoms with Gasteiger partial charge >= 0.3 is 0 Å². The summed E-state index contributed by atoms with van der Waals surface area (Å²) in [5.41, 5.74) is 0.543. The predicted octanol–water partition coefficient (Wildman–Crippen LogP) is 3.34. The highest BCUT2D eigenvalue weighted by Crippen LogP contribution is 2.31. The number of Topliss-reactive ketones (excluding diaryl/α,β-unsaturated/α-hetero) is 1. The highest BCUT2D eigenvalue weighted by Gasteiger charge is 2.22. The fraction of sp³-hybridized carbons (Fsp3) is 0.278. The minimum atomic E-state index is -3.65. The maximum Gasteiger partial charge on any atom is 0.241 e. The number of carbonyl (C=O) groups is 1. The largest absolute Gasteiger partial charge is 0.479 e. The van der Waals surface area contributed by atoms with Crippen molar-refractivity contribution in [2.45, 2.75) is 19.8 Å². The van der Waals surface area contributed by atoms with E-state index in [4.69, 9.17) is 16.3 Å². The number of sulfonamides is 1. The van der Waals surface area contributed by atoms with Gasteiger partial charge in [0.25, 0.3) is 0 Å². The number of methoxy groups -OCH3 is 1. The van der Waals surface area contributed by atoms with Crippen molar-refractivity contribution in [1.82, 2.24) is 15.2 Å². The van der Waals surface area contributed by atoms with Crippen LogP contribution >= 0.6 is 11.6 Å². The molecule has 0 aliphatic carbocycles. The van der Waals surface area contributed by atoms with E-state index in [0.29, 0.717) is 28.9 Å². The van der Waals surface area contributed by atoms with Crippen LogP contribution in [0.2, 0.25) is 5.02 Å². The molecule has 0 bridgehead atoms. The molecule has 2 N–H and O–H groups in total.